The Hall–Kier alpha value is -1.84. The smallest absolute Gasteiger partial charge is 0.224 e. The minimum atomic E-state index is -0.0822. The molecule has 0 aliphatic heterocycles. The molecule has 21 heavy (non-hydrogen) atoms. The van der Waals surface area contributed by atoms with Crippen molar-refractivity contribution in [1.29, 1.82) is 0 Å². The van der Waals surface area contributed by atoms with Gasteiger partial charge in [0.25, 0.3) is 0 Å². The van der Waals surface area contributed by atoms with Crippen LogP contribution in [-0.4, -0.2) is 5.91 Å². The van der Waals surface area contributed by atoms with Gasteiger partial charge in [0.2, 0.25) is 5.91 Å². The molecule has 0 saturated carbocycles. The number of nitrogens with two attached hydrogens (primary N) is 1. The van der Waals surface area contributed by atoms with E-state index in [1.807, 2.05) is 55.5 Å². The van der Waals surface area contributed by atoms with Gasteiger partial charge in [-0.2, -0.15) is 0 Å². The summed E-state index contributed by atoms with van der Waals surface area (Å²) in [6.45, 7) is 2.38. The summed E-state index contributed by atoms with van der Waals surface area (Å²) in [4.78, 5) is 12.2. The van der Waals surface area contributed by atoms with Crippen molar-refractivity contribution < 1.29 is 4.79 Å². The summed E-state index contributed by atoms with van der Waals surface area (Å²) in [5.41, 5.74) is 8.65. The quantitative estimate of drug-likeness (QED) is 0.891. The molecular weight excluding hydrogens is 284 g/mol. The Bertz CT molecular complexity index is 628. The molecule has 0 heterocycles. The van der Waals surface area contributed by atoms with E-state index in [0.717, 1.165) is 16.7 Å². The predicted octanol–water partition coefficient (Wildman–Crippen LogP) is 3.22. The fraction of sp³-hybridized carbons (Fsp3) is 0.235. The standard InChI is InChI=1S/C17H19ClN2O/c1-12(13-7-4-8-16(18)9-13)20-17(21)10-14-5-2-3-6-15(14)11-19/h2-9,12H,10-11,19H2,1H3,(H,20,21). The second-order valence-electron chi connectivity index (χ2n) is 4.99. The van der Waals surface area contributed by atoms with Gasteiger partial charge in [-0.05, 0) is 35.7 Å². The third-order valence-corrected chi connectivity index (χ3v) is 3.65. The van der Waals surface area contributed by atoms with Crippen molar-refractivity contribution in [2.45, 2.75) is 25.9 Å². The number of hydrogen-bond acceptors (Lipinski definition) is 2. The first-order valence-corrected chi connectivity index (χ1v) is 7.29. The Labute approximate surface area is 130 Å². The Kier molecular flexibility index (Phi) is 5.37. The van der Waals surface area contributed by atoms with Crippen LogP contribution >= 0.6 is 11.6 Å². The zero-order valence-corrected chi connectivity index (χ0v) is 12.7. The van der Waals surface area contributed by atoms with Gasteiger partial charge in [-0.1, -0.05) is 48.0 Å². The summed E-state index contributed by atoms with van der Waals surface area (Å²) in [7, 11) is 0. The van der Waals surface area contributed by atoms with Gasteiger partial charge in [0, 0.05) is 11.6 Å². The Morgan fingerprint density at radius 2 is 1.90 bits per heavy atom. The van der Waals surface area contributed by atoms with Gasteiger partial charge in [-0.25, -0.2) is 0 Å². The molecule has 0 fully saturated rings. The lowest BCUT2D eigenvalue weighted by Gasteiger charge is -2.15. The van der Waals surface area contributed by atoms with Crippen LogP contribution in [0.4, 0.5) is 0 Å². The molecule has 0 aromatic heterocycles. The average Bonchev–Trinajstić information content (AvgIpc) is 2.47. The maximum Gasteiger partial charge on any atom is 0.224 e. The lowest BCUT2D eigenvalue weighted by atomic mass is 10.0. The first-order chi connectivity index (χ1) is 10.1. The number of hydrogen-bond donors (Lipinski definition) is 2. The fourth-order valence-electron chi connectivity index (χ4n) is 2.25. The van der Waals surface area contributed by atoms with Gasteiger partial charge in [0.15, 0.2) is 0 Å². The molecule has 110 valence electrons. The van der Waals surface area contributed by atoms with Crippen LogP contribution in [0, 0.1) is 0 Å². The SMILES string of the molecule is CC(NC(=O)Cc1ccccc1CN)c1cccc(Cl)c1. The number of amides is 1. The van der Waals surface area contributed by atoms with Crippen LogP contribution in [0.3, 0.4) is 0 Å². The number of rotatable bonds is 5. The van der Waals surface area contributed by atoms with E-state index in [4.69, 9.17) is 17.3 Å². The summed E-state index contributed by atoms with van der Waals surface area (Å²) in [5.74, 6) is -0.0247. The van der Waals surface area contributed by atoms with Crippen LogP contribution in [0.5, 0.6) is 0 Å². The highest BCUT2D eigenvalue weighted by Crippen LogP contribution is 2.17. The Morgan fingerprint density at radius 1 is 1.19 bits per heavy atom. The maximum atomic E-state index is 12.2. The highest BCUT2D eigenvalue weighted by molar-refractivity contribution is 6.30. The monoisotopic (exact) mass is 302 g/mol. The van der Waals surface area contributed by atoms with Crippen molar-refractivity contribution in [3.05, 3.63) is 70.2 Å². The summed E-state index contributed by atoms with van der Waals surface area (Å²) in [6, 6.07) is 15.2. The summed E-state index contributed by atoms with van der Waals surface area (Å²) >= 11 is 5.97. The first kappa shape index (κ1) is 15.5. The normalized spacial score (nSPS) is 12.0. The highest BCUT2D eigenvalue weighted by Gasteiger charge is 2.11. The lowest BCUT2D eigenvalue weighted by molar-refractivity contribution is -0.121. The van der Waals surface area contributed by atoms with Gasteiger partial charge in [-0.15, -0.1) is 0 Å². The summed E-state index contributed by atoms with van der Waals surface area (Å²) in [6.07, 6.45) is 0.332. The molecule has 2 aromatic rings. The molecule has 4 heteroatoms. The lowest BCUT2D eigenvalue weighted by Crippen LogP contribution is -2.28. The minimum Gasteiger partial charge on any atom is -0.349 e. The van der Waals surface area contributed by atoms with Crippen LogP contribution in [-0.2, 0) is 17.8 Å². The van der Waals surface area contributed by atoms with Gasteiger partial charge in [0.1, 0.15) is 0 Å². The number of carbonyl (C=O) groups excluding carboxylic acids is 1. The number of halogens is 1. The van der Waals surface area contributed by atoms with Crippen molar-refractivity contribution in [2.75, 3.05) is 0 Å². The van der Waals surface area contributed by atoms with Crippen molar-refractivity contribution in [3.63, 3.8) is 0 Å². The summed E-state index contributed by atoms with van der Waals surface area (Å²) < 4.78 is 0. The molecule has 3 N–H and O–H groups in total. The van der Waals surface area contributed by atoms with Gasteiger partial charge >= 0.3 is 0 Å². The van der Waals surface area contributed by atoms with E-state index in [1.165, 1.54) is 0 Å². The van der Waals surface area contributed by atoms with Gasteiger partial charge in [-0.3, -0.25) is 4.79 Å². The van der Waals surface area contributed by atoms with E-state index in [1.54, 1.807) is 0 Å². The first-order valence-electron chi connectivity index (χ1n) is 6.92. The maximum absolute atomic E-state index is 12.2. The van der Waals surface area contributed by atoms with E-state index >= 15 is 0 Å². The predicted molar refractivity (Wildman–Crippen MR) is 86.0 cm³/mol. The van der Waals surface area contributed by atoms with E-state index < -0.39 is 0 Å². The Morgan fingerprint density at radius 3 is 2.57 bits per heavy atom. The number of nitrogens with one attached hydrogen (secondary N) is 1. The van der Waals surface area contributed by atoms with Gasteiger partial charge < -0.3 is 11.1 Å². The van der Waals surface area contributed by atoms with Crippen LogP contribution < -0.4 is 11.1 Å². The number of benzene rings is 2. The molecule has 1 unspecified atom stereocenters. The fourth-order valence-corrected chi connectivity index (χ4v) is 2.45. The van der Waals surface area contributed by atoms with Crippen molar-refractivity contribution in [2.24, 2.45) is 5.73 Å². The number of carbonyl (C=O) groups is 1. The molecule has 2 aromatic carbocycles. The second-order valence-corrected chi connectivity index (χ2v) is 5.43. The molecule has 3 nitrogen and oxygen atoms in total. The molecule has 0 aliphatic carbocycles. The topological polar surface area (TPSA) is 55.1 Å². The highest BCUT2D eigenvalue weighted by atomic mass is 35.5. The third kappa shape index (κ3) is 4.31. The van der Waals surface area contributed by atoms with Crippen LogP contribution in [0.25, 0.3) is 0 Å². The molecular formula is C17H19ClN2O. The zero-order valence-electron chi connectivity index (χ0n) is 12.0. The van der Waals surface area contributed by atoms with Gasteiger partial charge in [0.05, 0.1) is 12.5 Å². The van der Waals surface area contributed by atoms with E-state index in [2.05, 4.69) is 5.32 Å². The molecule has 0 spiro atoms. The summed E-state index contributed by atoms with van der Waals surface area (Å²) in [5, 5.41) is 3.65. The second kappa shape index (κ2) is 7.25. The molecule has 1 amide bonds. The largest absolute Gasteiger partial charge is 0.349 e. The van der Waals surface area contributed by atoms with Crippen LogP contribution in [0.15, 0.2) is 48.5 Å². The molecule has 0 bridgehead atoms. The van der Waals surface area contributed by atoms with Crippen LogP contribution in [0.2, 0.25) is 5.02 Å². The molecule has 2 rings (SSSR count). The zero-order chi connectivity index (χ0) is 15.2. The van der Waals surface area contributed by atoms with E-state index in [-0.39, 0.29) is 11.9 Å². The molecule has 0 aliphatic rings. The van der Waals surface area contributed by atoms with E-state index in [9.17, 15) is 4.79 Å². The van der Waals surface area contributed by atoms with Crippen molar-refractivity contribution in [1.82, 2.24) is 5.32 Å². The third-order valence-electron chi connectivity index (χ3n) is 3.42. The van der Waals surface area contributed by atoms with Crippen molar-refractivity contribution in [3.8, 4) is 0 Å². The average molecular weight is 303 g/mol. The van der Waals surface area contributed by atoms with E-state index in [0.29, 0.717) is 18.0 Å². The minimum absolute atomic E-state index is 0.0247. The Balaban J connectivity index is 2.01. The molecule has 1 atom stereocenters. The van der Waals surface area contributed by atoms with Crippen LogP contribution in [0.1, 0.15) is 29.7 Å². The molecule has 0 saturated heterocycles. The van der Waals surface area contributed by atoms with Crippen molar-refractivity contribution >= 4 is 17.5 Å². The molecule has 0 radical (unpaired) electrons.